The van der Waals surface area contributed by atoms with Gasteiger partial charge in [-0.25, -0.2) is 4.79 Å². The van der Waals surface area contributed by atoms with Gasteiger partial charge in [0.2, 0.25) is 0 Å². The van der Waals surface area contributed by atoms with Gasteiger partial charge in [-0.15, -0.1) is 0 Å². The number of rotatable bonds is 6. The van der Waals surface area contributed by atoms with Crippen molar-refractivity contribution in [1.82, 2.24) is 5.32 Å². The lowest BCUT2D eigenvalue weighted by atomic mass is 9.87. The average Bonchev–Trinajstić information content (AvgIpc) is 2.61. The molecule has 2 atom stereocenters. The van der Waals surface area contributed by atoms with Crippen LogP contribution in [0.5, 0.6) is 0 Å². The molecule has 2 unspecified atom stereocenters. The van der Waals surface area contributed by atoms with Crippen molar-refractivity contribution in [1.29, 1.82) is 0 Å². The summed E-state index contributed by atoms with van der Waals surface area (Å²) in [5, 5.41) is 24.9. The molecule has 0 saturated heterocycles. The monoisotopic (exact) mass is 331 g/mol. The Morgan fingerprint density at radius 3 is 2.71 bits per heavy atom. The molecule has 0 radical (unpaired) electrons. The number of aryl methyl sites for hydroxylation is 1. The SMILES string of the molecule is CCCNCC(O)C(O)c1cccc2oc(=O)c3c(c12)CCCC3. The smallest absolute Gasteiger partial charge is 0.339 e. The molecule has 0 bridgehead atoms. The maximum atomic E-state index is 12.2. The first-order chi connectivity index (χ1) is 11.6. The number of benzene rings is 1. The lowest BCUT2D eigenvalue weighted by molar-refractivity contribution is 0.0200. The van der Waals surface area contributed by atoms with E-state index in [0.717, 1.165) is 55.2 Å². The van der Waals surface area contributed by atoms with Crippen molar-refractivity contribution in [3.05, 3.63) is 45.3 Å². The van der Waals surface area contributed by atoms with Crippen molar-refractivity contribution >= 4 is 11.0 Å². The molecule has 1 heterocycles. The van der Waals surface area contributed by atoms with Crippen LogP contribution in [0.4, 0.5) is 0 Å². The van der Waals surface area contributed by atoms with Crippen LogP contribution in [0.25, 0.3) is 11.0 Å². The van der Waals surface area contributed by atoms with Gasteiger partial charge in [0, 0.05) is 17.5 Å². The predicted octanol–water partition coefficient (Wildman–Crippen LogP) is 2.07. The van der Waals surface area contributed by atoms with Crippen molar-refractivity contribution < 1.29 is 14.6 Å². The summed E-state index contributed by atoms with van der Waals surface area (Å²) in [6.07, 6.45) is 2.58. The van der Waals surface area contributed by atoms with Crippen LogP contribution in [0.2, 0.25) is 0 Å². The Kier molecular flexibility index (Phi) is 5.33. The van der Waals surface area contributed by atoms with Crippen LogP contribution in [0, 0.1) is 0 Å². The number of aliphatic hydroxyl groups is 2. The highest BCUT2D eigenvalue weighted by Crippen LogP contribution is 2.33. The van der Waals surface area contributed by atoms with E-state index in [9.17, 15) is 15.0 Å². The van der Waals surface area contributed by atoms with Crippen LogP contribution in [-0.2, 0) is 12.8 Å². The second-order valence-corrected chi connectivity index (χ2v) is 6.49. The average molecular weight is 331 g/mol. The van der Waals surface area contributed by atoms with E-state index in [1.54, 1.807) is 12.1 Å². The zero-order valence-electron chi connectivity index (χ0n) is 14.0. The fourth-order valence-electron chi connectivity index (χ4n) is 3.52. The molecule has 1 aliphatic carbocycles. The summed E-state index contributed by atoms with van der Waals surface area (Å²) >= 11 is 0. The molecule has 0 spiro atoms. The fraction of sp³-hybridized carbons (Fsp3) is 0.526. The van der Waals surface area contributed by atoms with E-state index in [-0.39, 0.29) is 5.63 Å². The maximum Gasteiger partial charge on any atom is 0.339 e. The van der Waals surface area contributed by atoms with Crippen LogP contribution < -0.4 is 10.9 Å². The van der Waals surface area contributed by atoms with E-state index >= 15 is 0 Å². The van der Waals surface area contributed by atoms with Crippen LogP contribution in [0.1, 0.15) is 49.0 Å². The highest BCUT2D eigenvalue weighted by atomic mass is 16.4. The zero-order chi connectivity index (χ0) is 17.1. The first-order valence-electron chi connectivity index (χ1n) is 8.77. The molecule has 0 saturated carbocycles. The van der Waals surface area contributed by atoms with Crippen LogP contribution in [0.3, 0.4) is 0 Å². The Hall–Kier alpha value is -1.69. The van der Waals surface area contributed by atoms with Gasteiger partial charge in [-0.2, -0.15) is 0 Å². The Bertz CT molecular complexity index is 768. The molecule has 0 aliphatic heterocycles. The van der Waals surface area contributed by atoms with Gasteiger partial charge in [-0.3, -0.25) is 0 Å². The lowest BCUT2D eigenvalue weighted by Crippen LogP contribution is -2.32. The second kappa shape index (κ2) is 7.47. The third kappa shape index (κ3) is 3.24. The minimum absolute atomic E-state index is 0.269. The number of nitrogens with one attached hydrogen (secondary N) is 1. The summed E-state index contributed by atoms with van der Waals surface area (Å²) in [5.41, 5.74) is 2.57. The lowest BCUT2D eigenvalue weighted by Gasteiger charge is -2.23. The number of hydrogen-bond donors (Lipinski definition) is 3. The van der Waals surface area contributed by atoms with Gasteiger partial charge < -0.3 is 19.9 Å². The summed E-state index contributed by atoms with van der Waals surface area (Å²) in [6, 6.07) is 5.32. The van der Waals surface area contributed by atoms with Gasteiger partial charge in [0.05, 0.1) is 6.10 Å². The van der Waals surface area contributed by atoms with Crippen LogP contribution >= 0.6 is 0 Å². The maximum absolute atomic E-state index is 12.2. The van der Waals surface area contributed by atoms with Crippen molar-refractivity contribution in [3.63, 3.8) is 0 Å². The summed E-state index contributed by atoms with van der Waals surface area (Å²) in [6.45, 7) is 3.17. The van der Waals surface area contributed by atoms with Gasteiger partial charge in [0.15, 0.2) is 0 Å². The molecule has 24 heavy (non-hydrogen) atoms. The summed E-state index contributed by atoms with van der Waals surface area (Å²) in [7, 11) is 0. The molecule has 0 fully saturated rings. The minimum Gasteiger partial charge on any atom is -0.422 e. The molecule has 130 valence electrons. The van der Waals surface area contributed by atoms with Gasteiger partial charge in [-0.05, 0) is 55.8 Å². The van der Waals surface area contributed by atoms with E-state index in [4.69, 9.17) is 4.42 Å². The van der Waals surface area contributed by atoms with Gasteiger partial charge >= 0.3 is 5.63 Å². The standard InChI is InChI=1S/C19H25NO4/c1-2-10-20-11-15(21)18(22)14-8-5-9-16-17(14)12-6-3-4-7-13(12)19(23)24-16/h5,8-9,15,18,20-22H,2-4,6-7,10-11H2,1H3. The minimum atomic E-state index is -1.02. The van der Waals surface area contributed by atoms with E-state index in [0.29, 0.717) is 17.7 Å². The topological polar surface area (TPSA) is 82.7 Å². The van der Waals surface area contributed by atoms with Gasteiger partial charge in [-0.1, -0.05) is 19.1 Å². The normalized spacial score (nSPS) is 16.8. The van der Waals surface area contributed by atoms with Crippen molar-refractivity contribution in [2.45, 2.75) is 51.2 Å². The third-order valence-corrected chi connectivity index (χ3v) is 4.74. The summed E-state index contributed by atoms with van der Waals surface area (Å²) in [4.78, 5) is 12.2. The fourth-order valence-corrected chi connectivity index (χ4v) is 3.52. The van der Waals surface area contributed by atoms with E-state index in [1.807, 2.05) is 6.07 Å². The van der Waals surface area contributed by atoms with Crippen LogP contribution in [0.15, 0.2) is 27.4 Å². The van der Waals surface area contributed by atoms with E-state index in [2.05, 4.69) is 12.2 Å². The molecule has 1 aromatic carbocycles. The first kappa shape index (κ1) is 17.1. The quantitative estimate of drug-likeness (QED) is 0.557. The van der Waals surface area contributed by atoms with Crippen LogP contribution in [-0.4, -0.2) is 29.4 Å². The third-order valence-electron chi connectivity index (χ3n) is 4.74. The first-order valence-corrected chi connectivity index (χ1v) is 8.77. The molecule has 1 aromatic heterocycles. The van der Waals surface area contributed by atoms with Gasteiger partial charge in [0.25, 0.3) is 0 Å². The molecule has 5 nitrogen and oxygen atoms in total. The molecular weight excluding hydrogens is 306 g/mol. The molecule has 3 N–H and O–H groups in total. The number of hydrogen-bond acceptors (Lipinski definition) is 5. The zero-order valence-corrected chi connectivity index (χ0v) is 14.0. The molecular formula is C19H25NO4. The van der Waals surface area contributed by atoms with E-state index in [1.165, 1.54) is 0 Å². The van der Waals surface area contributed by atoms with Gasteiger partial charge in [0.1, 0.15) is 11.7 Å². The predicted molar refractivity (Wildman–Crippen MR) is 93.3 cm³/mol. The number of aliphatic hydroxyl groups excluding tert-OH is 2. The molecule has 0 amide bonds. The molecule has 3 rings (SSSR count). The summed E-state index contributed by atoms with van der Waals surface area (Å²) < 4.78 is 5.47. The van der Waals surface area contributed by atoms with E-state index < -0.39 is 12.2 Å². The highest BCUT2D eigenvalue weighted by molar-refractivity contribution is 5.85. The van der Waals surface area contributed by atoms with Crippen molar-refractivity contribution in [2.24, 2.45) is 0 Å². The largest absolute Gasteiger partial charge is 0.422 e. The Balaban J connectivity index is 2.03. The van der Waals surface area contributed by atoms with Crippen molar-refractivity contribution in [2.75, 3.05) is 13.1 Å². The molecule has 2 aromatic rings. The second-order valence-electron chi connectivity index (χ2n) is 6.49. The Morgan fingerprint density at radius 2 is 1.96 bits per heavy atom. The Labute approximate surface area is 141 Å². The molecule has 5 heteroatoms. The Morgan fingerprint density at radius 1 is 1.21 bits per heavy atom. The van der Waals surface area contributed by atoms with Crippen molar-refractivity contribution in [3.8, 4) is 0 Å². The number of fused-ring (bicyclic) bond motifs is 3. The highest BCUT2D eigenvalue weighted by Gasteiger charge is 2.25. The summed E-state index contributed by atoms with van der Waals surface area (Å²) in [5.74, 6) is 0. The molecule has 1 aliphatic rings.